The molecule has 0 aliphatic heterocycles. The number of hydrogen-bond donors (Lipinski definition) is 2. The van der Waals surface area contributed by atoms with E-state index in [-0.39, 0.29) is 18.4 Å². The van der Waals surface area contributed by atoms with Gasteiger partial charge in [0.25, 0.3) is 11.8 Å². The van der Waals surface area contributed by atoms with Gasteiger partial charge in [0, 0.05) is 16.9 Å². The molecule has 31 heavy (non-hydrogen) atoms. The summed E-state index contributed by atoms with van der Waals surface area (Å²) >= 11 is 3.51. The third-order valence-electron chi connectivity index (χ3n) is 4.96. The maximum Gasteiger partial charge on any atom is 0.262 e. The number of amides is 2. The largest absolute Gasteiger partial charge is 0.483 e. The highest BCUT2D eigenvalue weighted by Gasteiger charge is 2.10. The van der Waals surface area contributed by atoms with Gasteiger partial charge in [0.15, 0.2) is 6.61 Å². The van der Waals surface area contributed by atoms with Crippen molar-refractivity contribution < 1.29 is 14.3 Å². The summed E-state index contributed by atoms with van der Waals surface area (Å²) in [5.74, 6) is 0.643. The number of nitrogens with one attached hydrogen (secondary N) is 2. The Kier molecular flexibility index (Phi) is 7.84. The monoisotopic (exact) mass is 480 g/mol. The summed E-state index contributed by atoms with van der Waals surface area (Å²) in [6, 6.07) is 21.9. The zero-order valence-electron chi connectivity index (χ0n) is 17.5. The fourth-order valence-electron chi connectivity index (χ4n) is 2.95. The first-order valence-electron chi connectivity index (χ1n) is 10.1. The Morgan fingerprint density at radius 2 is 1.58 bits per heavy atom. The summed E-state index contributed by atoms with van der Waals surface area (Å²) in [6.07, 6.45) is 1.06. The number of anilines is 2. The highest BCUT2D eigenvalue weighted by Crippen LogP contribution is 2.30. The minimum atomic E-state index is -0.265. The minimum absolute atomic E-state index is 0.103. The minimum Gasteiger partial charge on any atom is -0.483 e. The number of rotatable bonds is 8. The van der Waals surface area contributed by atoms with Gasteiger partial charge in [0.1, 0.15) is 5.75 Å². The van der Waals surface area contributed by atoms with Gasteiger partial charge in [-0.05, 0) is 82.4 Å². The van der Waals surface area contributed by atoms with Crippen LogP contribution in [0.2, 0.25) is 0 Å². The van der Waals surface area contributed by atoms with Crippen molar-refractivity contribution in [3.8, 4) is 5.75 Å². The molecule has 3 aromatic rings. The maximum atomic E-state index is 12.2. The van der Waals surface area contributed by atoms with Crippen LogP contribution < -0.4 is 15.4 Å². The van der Waals surface area contributed by atoms with E-state index in [0.29, 0.717) is 28.6 Å². The molecule has 6 heteroatoms. The normalized spacial score (nSPS) is 11.5. The summed E-state index contributed by atoms with van der Waals surface area (Å²) in [6.45, 7) is 4.22. The average molecular weight is 481 g/mol. The van der Waals surface area contributed by atoms with Crippen molar-refractivity contribution in [2.24, 2.45) is 0 Å². The first kappa shape index (κ1) is 22.6. The van der Waals surface area contributed by atoms with E-state index in [2.05, 4.69) is 40.4 Å². The molecule has 0 aliphatic rings. The maximum absolute atomic E-state index is 12.2. The van der Waals surface area contributed by atoms with E-state index in [4.69, 9.17) is 4.74 Å². The van der Waals surface area contributed by atoms with Crippen molar-refractivity contribution in [1.82, 2.24) is 0 Å². The first-order valence-corrected chi connectivity index (χ1v) is 10.9. The van der Waals surface area contributed by atoms with E-state index < -0.39 is 0 Å². The molecular weight excluding hydrogens is 456 g/mol. The van der Waals surface area contributed by atoms with E-state index in [0.717, 1.165) is 10.9 Å². The molecule has 3 aromatic carbocycles. The molecule has 0 heterocycles. The third-order valence-corrected chi connectivity index (χ3v) is 5.58. The van der Waals surface area contributed by atoms with E-state index >= 15 is 0 Å². The lowest BCUT2D eigenvalue weighted by atomic mass is 9.99. The van der Waals surface area contributed by atoms with Crippen molar-refractivity contribution in [2.75, 3.05) is 17.2 Å². The zero-order valence-corrected chi connectivity index (χ0v) is 19.1. The predicted octanol–water partition coefficient (Wildman–Crippen LogP) is 6.23. The smallest absolute Gasteiger partial charge is 0.262 e. The van der Waals surface area contributed by atoms with Gasteiger partial charge in [0.2, 0.25) is 0 Å². The Morgan fingerprint density at radius 1 is 0.935 bits per heavy atom. The molecular formula is C25H25BrN2O3. The van der Waals surface area contributed by atoms with E-state index in [9.17, 15) is 9.59 Å². The van der Waals surface area contributed by atoms with E-state index in [1.165, 1.54) is 5.56 Å². The van der Waals surface area contributed by atoms with Crippen LogP contribution >= 0.6 is 15.9 Å². The molecule has 1 atom stereocenters. The number of ether oxygens (including phenoxy) is 1. The molecule has 3 rings (SSSR count). The topological polar surface area (TPSA) is 67.4 Å². The number of carbonyl (C=O) groups excluding carboxylic acids is 2. The highest BCUT2D eigenvalue weighted by molar-refractivity contribution is 9.10. The lowest BCUT2D eigenvalue weighted by molar-refractivity contribution is -0.118. The fourth-order valence-corrected chi connectivity index (χ4v) is 3.46. The van der Waals surface area contributed by atoms with Gasteiger partial charge in [-0.25, -0.2) is 0 Å². The molecule has 2 N–H and O–H groups in total. The Morgan fingerprint density at radius 3 is 2.19 bits per heavy atom. The standard InChI is InChI=1S/C25H25BrN2O3/c1-3-17(2)19-9-14-23(22(26)15-19)31-16-24(29)27-20-10-12-21(13-11-20)28-25(30)18-7-5-4-6-8-18/h4-15,17H,3,16H2,1-2H3,(H,27,29)(H,28,30). The predicted molar refractivity (Wildman–Crippen MR) is 128 cm³/mol. The van der Waals surface area contributed by atoms with Crippen molar-refractivity contribution in [2.45, 2.75) is 26.2 Å². The lowest BCUT2D eigenvalue weighted by Crippen LogP contribution is -2.20. The second-order valence-electron chi connectivity index (χ2n) is 7.23. The van der Waals surface area contributed by atoms with Crippen molar-refractivity contribution in [3.63, 3.8) is 0 Å². The number of hydrogen-bond acceptors (Lipinski definition) is 3. The molecule has 0 radical (unpaired) electrons. The Balaban J connectivity index is 1.51. The van der Waals surface area contributed by atoms with Crippen LogP contribution in [0.3, 0.4) is 0 Å². The molecule has 0 bridgehead atoms. The third kappa shape index (κ3) is 6.43. The SMILES string of the molecule is CCC(C)c1ccc(OCC(=O)Nc2ccc(NC(=O)c3ccccc3)cc2)c(Br)c1. The van der Waals surface area contributed by atoms with E-state index in [1.54, 1.807) is 36.4 Å². The molecule has 0 saturated heterocycles. The van der Waals surface area contributed by atoms with Gasteiger partial charge >= 0.3 is 0 Å². The van der Waals surface area contributed by atoms with Crippen LogP contribution in [0.25, 0.3) is 0 Å². The van der Waals surface area contributed by atoms with Crippen LogP contribution in [0, 0.1) is 0 Å². The molecule has 160 valence electrons. The first-order chi connectivity index (χ1) is 15.0. The average Bonchev–Trinajstić information content (AvgIpc) is 2.79. The molecule has 0 aliphatic carbocycles. The highest BCUT2D eigenvalue weighted by atomic mass is 79.9. The molecule has 0 fully saturated rings. The lowest BCUT2D eigenvalue weighted by Gasteiger charge is -2.13. The van der Waals surface area contributed by atoms with Crippen LogP contribution in [0.5, 0.6) is 5.75 Å². The van der Waals surface area contributed by atoms with Gasteiger partial charge in [0.05, 0.1) is 4.47 Å². The quantitative estimate of drug-likeness (QED) is 0.401. The van der Waals surface area contributed by atoms with E-state index in [1.807, 2.05) is 36.4 Å². The summed E-state index contributed by atoms with van der Waals surface area (Å²) in [5.41, 5.74) is 3.08. The molecule has 0 spiro atoms. The van der Waals surface area contributed by atoms with Gasteiger partial charge in [-0.2, -0.15) is 0 Å². The van der Waals surface area contributed by atoms with Crippen molar-refractivity contribution in [3.05, 3.63) is 88.4 Å². The van der Waals surface area contributed by atoms with Crippen LogP contribution in [0.4, 0.5) is 11.4 Å². The fraction of sp³-hybridized carbons (Fsp3) is 0.200. The Bertz CT molecular complexity index is 1040. The van der Waals surface area contributed by atoms with Gasteiger partial charge in [-0.3, -0.25) is 9.59 Å². The molecule has 0 aromatic heterocycles. The van der Waals surface area contributed by atoms with Crippen LogP contribution in [0.15, 0.2) is 77.3 Å². The number of carbonyl (C=O) groups is 2. The van der Waals surface area contributed by atoms with Crippen LogP contribution in [0.1, 0.15) is 42.1 Å². The molecule has 1 unspecified atom stereocenters. The summed E-state index contributed by atoms with van der Waals surface area (Å²) in [5, 5.41) is 5.62. The number of benzene rings is 3. The van der Waals surface area contributed by atoms with Gasteiger partial charge in [-0.15, -0.1) is 0 Å². The van der Waals surface area contributed by atoms with Gasteiger partial charge < -0.3 is 15.4 Å². The van der Waals surface area contributed by atoms with Gasteiger partial charge in [-0.1, -0.05) is 38.1 Å². The Labute approximate surface area is 191 Å². The van der Waals surface area contributed by atoms with Crippen molar-refractivity contribution in [1.29, 1.82) is 0 Å². The number of halogens is 1. The summed E-state index contributed by atoms with van der Waals surface area (Å²) in [4.78, 5) is 24.4. The second-order valence-corrected chi connectivity index (χ2v) is 8.09. The summed E-state index contributed by atoms with van der Waals surface area (Å²) < 4.78 is 6.48. The van der Waals surface area contributed by atoms with Crippen LogP contribution in [-0.2, 0) is 4.79 Å². The molecule has 0 saturated carbocycles. The second kappa shape index (κ2) is 10.8. The Hall–Kier alpha value is -3.12. The molecule has 2 amide bonds. The van der Waals surface area contributed by atoms with Crippen LogP contribution in [-0.4, -0.2) is 18.4 Å². The van der Waals surface area contributed by atoms with Crippen molar-refractivity contribution >= 4 is 39.1 Å². The zero-order chi connectivity index (χ0) is 22.2. The summed E-state index contributed by atoms with van der Waals surface area (Å²) in [7, 11) is 0. The molecule has 5 nitrogen and oxygen atoms in total.